The summed E-state index contributed by atoms with van der Waals surface area (Å²) in [6.07, 6.45) is -0.822. The van der Waals surface area contributed by atoms with Crippen molar-refractivity contribution in [2.45, 2.75) is 13.0 Å². The Morgan fingerprint density at radius 1 is 1.26 bits per heavy atom. The topological polar surface area (TPSA) is 80.8 Å². The molecule has 3 aromatic rings. The zero-order valence-electron chi connectivity index (χ0n) is 14.8. The number of amides is 2. The van der Waals surface area contributed by atoms with E-state index in [0.717, 1.165) is 4.70 Å². The molecule has 1 N–H and O–H groups in total. The summed E-state index contributed by atoms with van der Waals surface area (Å²) in [4.78, 5) is 30.7. The first kappa shape index (κ1) is 17.3. The number of anilines is 2. The van der Waals surface area contributed by atoms with Crippen molar-refractivity contribution >= 4 is 44.2 Å². The van der Waals surface area contributed by atoms with Crippen LogP contribution in [0.2, 0.25) is 0 Å². The van der Waals surface area contributed by atoms with Crippen LogP contribution in [-0.2, 0) is 9.59 Å². The van der Waals surface area contributed by atoms with Gasteiger partial charge in [0.15, 0.2) is 11.2 Å². The summed E-state index contributed by atoms with van der Waals surface area (Å²) in [5.74, 6) is 0.655. The predicted molar refractivity (Wildman–Crippen MR) is 104 cm³/mol. The summed E-state index contributed by atoms with van der Waals surface area (Å²) in [6, 6.07) is 12.8. The number of para-hydroxylation sites is 3. The first-order valence-electron chi connectivity index (χ1n) is 8.35. The maximum atomic E-state index is 12.7. The Balaban J connectivity index is 1.58. The quantitative estimate of drug-likeness (QED) is 0.752. The van der Waals surface area contributed by atoms with Gasteiger partial charge in [0.25, 0.3) is 5.91 Å². The molecule has 1 unspecified atom stereocenters. The van der Waals surface area contributed by atoms with E-state index in [4.69, 9.17) is 9.47 Å². The first-order valence-corrected chi connectivity index (χ1v) is 9.16. The van der Waals surface area contributed by atoms with Crippen molar-refractivity contribution in [3.8, 4) is 11.5 Å². The van der Waals surface area contributed by atoms with Crippen molar-refractivity contribution in [3.05, 3.63) is 42.5 Å². The monoisotopic (exact) mass is 383 g/mol. The maximum absolute atomic E-state index is 12.7. The summed E-state index contributed by atoms with van der Waals surface area (Å²) in [5, 5.41) is 3.25. The first-order chi connectivity index (χ1) is 13.1. The SMILES string of the molecule is COc1cccc2sc(NC(=O)C3CN(C(C)=O)c4ccccc4O3)nc12. The van der Waals surface area contributed by atoms with E-state index < -0.39 is 6.10 Å². The number of thiazole rings is 1. The number of aromatic nitrogens is 1. The molecule has 8 heteroatoms. The number of ether oxygens (including phenoxy) is 2. The smallest absolute Gasteiger partial charge is 0.269 e. The van der Waals surface area contributed by atoms with E-state index in [1.165, 1.54) is 18.3 Å². The Morgan fingerprint density at radius 3 is 2.85 bits per heavy atom. The number of nitrogens with zero attached hydrogens (tertiary/aromatic N) is 2. The molecule has 1 atom stereocenters. The summed E-state index contributed by atoms with van der Waals surface area (Å²) in [6.45, 7) is 1.61. The summed E-state index contributed by atoms with van der Waals surface area (Å²) in [7, 11) is 1.58. The molecule has 2 aromatic carbocycles. The number of nitrogens with one attached hydrogen (secondary N) is 1. The second-order valence-electron chi connectivity index (χ2n) is 6.02. The molecular weight excluding hydrogens is 366 g/mol. The highest BCUT2D eigenvalue weighted by Crippen LogP contribution is 2.35. The lowest BCUT2D eigenvalue weighted by molar-refractivity contribution is -0.123. The number of rotatable bonds is 3. The van der Waals surface area contributed by atoms with E-state index >= 15 is 0 Å². The lowest BCUT2D eigenvalue weighted by atomic mass is 10.2. The van der Waals surface area contributed by atoms with Crippen LogP contribution >= 0.6 is 11.3 Å². The summed E-state index contributed by atoms with van der Waals surface area (Å²) >= 11 is 1.35. The van der Waals surface area contributed by atoms with Gasteiger partial charge in [0.2, 0.25) is 5.91 Å². The number of carbonyl (C=O) groups is 2. The number of hydrogen-bond acceptors (Lipinski definition) is 6. The van der Waals surface area contributed by atoms with E-state index in [1.807, 2.05) is 24.3 Å². The molecule has 0 saturated carbocycles. The molecule has 1 aliphatic rings. The highest BCUT2D eigenvalue weighted by Gasteiger charge is 2.33. The standard InChI is InChI=1S/C19H17N3O4S/c1-11(23)22-10-15(26-13-7-4-3-6-12(13)22)18(24)21-19-20-17-14(25-2)8-5-9-16(17)27-19/h3-9,15H,10H2,1-2H3,(H,20,21,24). The fourth-order valence-electron chi connectivity index (χ4n) is 3.00. The van der Waals surface area contributed by atoms with Crippen LogP contribution in [0.15, 0.2) is 42.5 Å². The van der Waals surface area contributed by atoms with Crippen molar-refractivity contribution in [1.29, 1.82) is 0 Å². The van der Waals surface area contributed by atoms with Crippen LogP contribution in [0, 0.1) is 0 Å². The van der Waals surface area contributed by atoms with Crippen molar-refractivity contribution in [3.63, 3.8) is 0 Å². The van der Waals surface area contributed by atoms with Gasteiger partial charge in [0.05, 0.1) is 24.0 Å². The number of carbonyl (C=O) groups excluding carboxylic acids is 2. The third-order valence-electron chi connectivity index (χ3n) is 4.28. The van der Waals surface area contributed by atoms with Crippen molar-refractivity contribution < 1.29 is 19.1 Å². The normalized spacial score (nSPS) is 15.8. The predicted octanol–water partition coefficient (Wildman–Crippen LogP) is 3.06. The van der Waals surface area contributed by atoms with E-state index in [2.05, 4.69) is 10.3 Å². The van der Waals surface area contributed by atoms with Gasteiger partial charge in [-0.3, -0.25) is 14.9 Å². The molecule has 138 valence electrons. The van der Waals surface area contributed by atoms with Gasteiger partial charge in [0, 0.05) is 6.92 Å². The molecule has 2 amide bonds. The third kappa shape index (κ3) is 3.19. The van der Waals surface area contributed by atoms with Gasteiger partial charge in [-0.15, -0.1) is 0 Å². The molecule has 1 aromatic heterocycles. The molecule has 1 aliphatic heterocycles. The van der Waals surface area contributed by atoms with Gasteiger partial charge in [-0.2, -0.15) is 0 Å². The van der Waals surface area contributed by atoms with Gasteiger partial charge in [0.1, 0.15) is 17.0 Å². The lowest BCUT2D eigenvalue weighted by Gasteiger charge is -2.33. The van der Waals surface area contributed by atoms with Crippen LogP contribution in [0.4, 0.5) is 10.8 Å². The highest BCUT2D eigenvalue weighted by molar-refractivity contribution is 7.22. The van der Waals surface area contributed by atoms with Crippen LogP contribution in [0.1, 0.15) is 6.92 Å². The molecule has 4 rings (SSSR count). The minimum absolute atomic E-state index is 0.145. The van der Waals surface area contributed by atoms with Crippen molar-refractivity contribution in [1.82, 2.24) is 4.98 Å². The zero-order valence-corrected chi connectivity index (χ0v) is 15.6. The molecule has 0 radical (unpaired) electrons. The highest BCUT2D eigenvalue weighted by atomic mass is 32.1. The largest absolute Gasteiger partial charge is 0.494 e. The minimum atomic E-state index is -0.822. The van der Waals surface area contributed by atoms with Crippen molar-refractivity contribution in [2.75, 3.05) is 23.9 Å². The second kappa shape index (κ2) is 6.88. The molecule has 0 fully saturated rings. The average Bonchev–Trinajstić information content (AvgIpc) is 3.09. The van der Waals surface area contributed by atoms with Gasteiger partial charge < -0.3 is 14.4 Å². The van der Waals surface area contributed by atoms with Crippen LogP contribution in [0.3, 0.4) is 0 Å². The molecule has 27 heavy (non-hydrogen) atoms. The second-order valence-corrected chi connectivity index (χ2v) is 7.05. The Hall–Kier alpha value is -3.13. The Labute approximate surface area is 159 Å². The molecule has 0 spiro atoms. The molecule has 7 nitrogen and oxygen atoms in total. The number of fused-ring (bicyclic) bond motifs is 2. The fraction of sp³-hybridized carbons (Fsp3) is 0.211. The fourth-order valence-corrected chi connectivity index (χ4v) is 3.88. The van der Waals surface area contributed by atoms with Crippen molar-refractivity contribution in [2.24, 2.45) is 0 Å². The van der Waals surface area contributed by atoms with Crippen LogP contribution in [0.25, 0.3) is 10.2 Å². The minimum Gasteiger partial charge on any atom is -0.494 e. The summed E-state index contributed by atoms with van der Waals surface area (Å²) in [5.41, 5.74) is 1.36. The average molecular weight is 383 g/mol. The Bertz CT molecular complexity index is 1030. The molecule has 0 aliphatic carbocycles. The molecule has 2 heterocycles. The van der Waals surface area contributed by atoms with E-state index in [9.17, 15) is 9.59 Å². The Morgan fingerprint density at radius 2 is 2.07 bits per heavy atom. The van der Waals surface area contributed by atoms with E-state index in [0.29, 0.717) is 27.8 Å². The van der Waals surface area contributed by atoms with E-state index in [1.54, 1.807) is 30.2 Å². The molecule has 0 bridgehead atoms. The van der Waals surface area contributed by atoms with Gasteiger partial charge >= 0.3 is 0 Å². The van der Waals surface area contributed by atoms with Crippen LogP contribution < -0.4 is 19.7 Å². The van der Waals surface area contributed by atoms with Gasteiger partial charge in [-0.25, -0.2) is 4.98 Å². The molecule has 0 saturated heterocycles. The maximum Gasteiger partial charge on any atom is 0.269 e. The van der Waals surface area contributed by atoms with Crippen LogP contribution in [0.5, 0.6) is 11.5 Å². The lowest BCUT2D eigenvalue weighted by Crippen LogP contribution is -2.48. The van der Waals surface area contributed by atoms with Crippen LogP contribution in [-0.4, -0.2) is 36.6 Å². The summed E-state index contributed by atoms with van der Waals surface area (Å²) < 4.78 is 12.0. The zero-order chi connectivity index (χ0) is 19.0. The Kier molecular flexibility index (Phi) is 4.41. The molecular formula is C19H17N3O4S. The van der Waals surface area contributed by atoms with Gasteiger partial charge in [-0.05, 0) is 24.3 Å². The third-order valence-corrected chi connectivity index (χ3v) is 5.21. The van der Waals surface area contributed by atoms with Gasteiger partial charge in [-0.1, -0.05) is 29.5 Å². The van der Waals surface area contributed by atoms with E-state index in [-0.39, 0.29) is 18.4 Å². The number of hydrogen-bond donors (Lipinski definition) is 1. The number of benzene rings is 2. The number of methoxy groups -OCH3 is 1.